The van der Waals surface area contributed by atoms with Gasteiger partial charge in [-0.25, -0.2) is 0 Å². The Morgan fingerprint density at radius 1 is 1.58 bits per heavy atom. The van der Waals surface area contributed by atoms with E-state index in [1.807, 2.05) is 13.0 Å². The predicted molar refractivity (Wildman–Crippen MR) is 55.6 cm³/mol. The molecule has 5 heteroatoms. The van der Waals surface area contributed by atoms with Gasteiger partial charge in [-0.05, 0) is 13.0 Å². The lowest BCUT2D eigenvalue weighted by Crippen LogP contribution is -2.02. The van der Waals surface area contributed by atoms with Crippen molar-refractivity contribution in [3.05, 3.63) is 20.3 Å². The minimum Gasteiger partial charge on any atom is -0.313 e. The number of hydrogen-bond donors (Lipinski definition) is 1. The van der Waals surface area contributed by atoms with E-state index in [9.17, 15) is 0 Å². The van der Waals surface area contributed by atoms with Crippen LogP contribution in [0.15, 0.2) is 11.2 Å². The summed E-state index contributed by atoms with van der Waals surface area (Å²) in [5, 5.41) is 4.00. The van der Waals surface area contributed by atoms with E-state index >= 15 is 0 Å². The van der Waals surface area contributed by atoms with Crippen molar-refractivity contribution in [1.29, 1.82) is 0 Å². The van der Waals surface area contributed by atoms with Crippen LogP contribution in [0.2, 0.25) is 8.67 Å². The average molecular weight is 223 g/mol. The Morgan fingerprint density at radius 2 is 2.25 bits per heavy atom. The third kappa shape index (κ3) is 2.12. The van der Waals surface area contributed by atoms with Gasteiger partial charge in [-0.3, -0.25) is 0 Å². The zero-order valence-electron chi connectivity index (χ0n) is 6.69. The van der Waals surface area contributed by atoms with Crippen LogP contribution >= 0.6 is 34.5 Å². The van der Waals surface area contributed by atoms with Crippen molar-refractivity contribution in [2.75, 3.05) is 7.05 Å². The molecule has 0 aliphatic rings. The zero-order chi connectivity index (χ0) is 9.14. The van der Waals surface area contributed by atoms with Crippen LogP contribution < -0.4 is 5.43 Å². The Morgan fingerprint density at radius 3 is 2.67 bits per heavy atom. The number of hydrogen-bond acceptors (Lipinski definition) is 3. The van der Waals surface area contributed by atoms with Gasteiger partial charge in [0.15, 0.2) is 0 Å². The number of hydrazone groups is 1. The molecule has 66 valence electrons. The van der Waals surface area contributed by atoms with E-state index in [1.165, 1.54) is 11.3 Å². The molecule has 1 aromatic rings. The van der Waals surface area contributed by atoms with Gasteiger partial charge in [-0.15, -0.1) is 11.3 Å². The molecule has 0 bridgehead atoms. The van der Waals surface area contributed by atoms with Crippen molar-refractivity contribution in [2.24, 2.45) is 5.10 Å². The highest BCUT2D eigenvalue weighted by Gasteiger charge is 2.07. The van der Waals surface area contributed by atoms with Gasteiger partial charge in [0.05, 0.1) is 10.0 Å². The van der Waals surface area contributed by atoms with Crippen molar-refractivity contribution in [3.8, 4) is 0 Å². The minimum atomic E-state index is 0.677. The fourth-order valence-corrected chi connectivity index (χ4v) is 2.38. The van der Waals surface area contributed by atoms with Gasteiger partial charge in [0, 0.05) is 12.6 Å². The highest BCUT2D eigenvalue weighted by atomic mass is 35.5. The molecular weight excluding hydrogens is 215 g/mol. The van der Waals surface area contributed by atoms with Gasteiger partial charge in [-0.2, -0.15) is 5.10 Å². The summed E-state index contributed by atoms with van der Waals surface area (Å²) < 4.78 is 1.36. The predicted octanol–water partition coefficient (Wildman–Crippen LogP) is 3.00. The van der Waals surface area contributed by atoms with Gasteiger partial charge >= 0.3 is 0 Å². The first kappa shape index (κ1) is 9.84. The summed E-state index contributed by atoms with van der Waals surface area (Å²) in [6.07, 6.45) is 0. The highest BCUT2D eigenvalue weighted by molar-refractivity contribution is 7.20. The van der Waals surface area contributed by atoms with Crippen LogP contribution in [0.1, 0.15) is 12.5 Å². The second-order valence-corrected chi connectivity index (χ2v) is 4.44. The second-order valence-electron chi connectivity index (χ2n) is 2.16. The van der Waals surface area contributed by atoms with Gasteiger partial charge in [0.1, 0.15) is 4.34 Å². The van der Waals surface area contributed by atoms with Crippen molar-refractivity contribution >= 4 is 40.3 Å². The number of thiophene rings is 1. The van der Waals surface area contributed by atoms with Gasteiger partial charge in [0.25, 0.3) is 0 Å². The van der Waals surface area contributed by atoms with E-state index in [2.05, 4.69) is 10.5 Å². The first-order chi connectivity index (χ1) is 5.65. The van der Waals surface area contributed by atoms with Crippen molar-refractivity contribution in [2.45, 2.75) is 6.92 Å². The van der Waals surface area contributed by atoms with E-state index in [4.69, 9.17) is 23.2 Å². The fourth-order valence-electron chi connectivity index (χ4n) is 0.815. The van der Waals surface area contributed by atoms with E-state index in [0.717, 1.165) is 11.3 Å². The minimum absolute atomic E-state index is 0.677. The Kier molecular flexibility index (Phi) is 3.38. The van der Waals surface area contributed by atoms with Gasteiger partial charge in [0.2, 0.25) is 0 Å². The molecular formula is C7H8Cl2N2S. The molecule has 12 heavy (non-hydrogen) atoms. The molecule has 0 amide bonds. The van der Waals surface area contributed by atoms with Gasteiger partial charge < -0.3 is 5.43 Å². The Hall–Kier alpha value is -0.250. The first-order valence-corrected chi connectivity index (χ1v) is 4.88. The smallest absolute Gasteiger partial charge is 0.103 e. The standard InChI is InChI=1S/C7H8Cl2N2S/c1-4(11-10-2)5-3-6(8)12-7(5)9/h3,10H,1-2H3/b11-4-. The quantitative estimate of drug-likeness (QED) is 0.604. The molecule has 1 aromatic heterocycles. The Labute approximate surface area is 85.2 Å². The van der Waals surface area contributed by atoms with Crippen LogP contribution in [-0.4, -0.2) is 12.8 Å². The molecule has 0 radical (unpaired) electrons. The number of rotatable bonds is 2. The molecule has 0 saturated carbocycles. The molecule has 0 saturated heterocycles. The average Bonchev–Trinajstić information content (AvgIpc) is 2.30. The SMILES string of the molecule is CN/N=C(/C)c1cc(Cl)sc1Cl. The number of halogens is 2. The molecule has 0 aliphatic heterocycles. The van der Waals surface area contributed by atoms with Crippen molar-refractivity contribution in [1.82, 2.24) is 5.43 Å². The molecule has 1 rings (SSSR count). The largest absolute Gasteiger partial charge is 0.313 e. The monoisotopic (exact) mass is 222 g/mol. The lowest BCUT2D eigenvalue weighted by atomic mass is 10.2. The number of nitrogens with zero attached hydrogens (tertiary/aromatic N) is 1. The normalized spacial score (nSPS) is 11.8. The summed E-state index contributed by atoms with van der Waals surface area (Å²) in [6.45, 7) is 1.88. The molecule has 1 heterocycles. The van der Waals surface area contributed by atoms with E-state index in [0.29, 0.717) is 8.67 Å². The van der Waals surface area contributed by atoms with Crippen LogP contribution in [0.3, 0.4) is 0 Å². The fraction of sp³-hybridized carbons (Fsp3) is 0.286. The van der Waals surface area contributed by atoms with Crippen LogP contribution in [0.5, 0.6) is 0 Å². The highest BCUT2D eigenvalue weighted by Crippen LogP contribution is 2.31. The molecule has 0 spiro atoms. The van der Waals surface area contributed by atoms with Crippen LogP contribution in [0, 0.1) is 0 Å². The third-order valence-corrected chi connectivity index (χ3v) is 2.81. The molecule has 0 aromatic carbocycles. The second kappa shape index (κ2) is 4.12. The maximum Gasteiger partial charge on any atom is 0.103 e. The Balaban J connectivity index is 3.02. The summed E-state index contributed by atoms with van der Waals surface area (Å²) in [6, 6.07) is 1.81. The molecule has 0 unspecified atom stereocenters. The molecule has 0 atom stereocenters. The third-order valence-electron chi connectivity index (χ3n) is 1.33. The summed E-state index contributed by atoms with van der Waals surface area (Å²) >= 11 is 13.0. The first-order valence-electron chi connectivity index (χ1n) is 3.31. The van der Waals surface area contributed by atoms with Crippen molar-refractivity contribution < 1.29 is 0 Å². The topological polar surface area (TPSA) is 24.4 Å². The maximum absolute atomic E-state index is 5.90. The maximum atomic E-state index is 5.90. The van der Waals surface area contributed by atoms with E-state index in [-0.39, 0.29) is 0 Å². The van der Waals surface area contributed by atoms with Crippen LogP contribution in [0.25, 0.3) is 0 Å². The Bertz CT molecular complexity index is 306. The summed E-state index contributed by atoms with van der Waals surface area (Å²) in [7, 11) is 1.74. The molecule has 1 N–H and O–H groups in total. The summed E-state index contributed by atoms with van der Waals surface area (Å²) in [5.41, 5.74) is 4.42. The molecule has 2 nitrogen and oxygen atoms in total. The molecule has 0 fully saturated rings. The van der Waals surface area contributed by atoms with Crippen LogP contribution in [-0.2, 0) is 0 Å². The summed E-state index contributed by atoms with van der Waals surface area (Å²) in [5.74, 6) is 0. The molecule has 0 aliphatic carbocycles. The zero-order valence-corrected chi connectivity index (χ0v) is 9.02. The van der Waals surface area contributed by atoms with E-state index in [1.54, 1.807) is 7.05 Å². The summed E-state index contributed by atoms with van der Waals surface area (Å²) in [4.78, 5) is 0. The van der Waals surface area contributed by atoms with Crippen LogP contribution in [0.4, 0.5) is 0 Å². The van der Waals surface area contributed by atoms with E-state index < -0.39 is 0 Å². The van der Waals surface area contributed by atoms with Gasteiger partial charge in [-0.1, -0.05) is 23.2 Å². The lowest BCUT2D eigenvalue weighted by Gasteiger charge is -1.95. The van der Waals surface area contributed by atoms with Crippen molar-refractivity contribution in [3.63, 3.8) is 0 Å². The number of nitrogens with one attached hydrogen (secondary N) is 1. The lowest BCUT2D eigenvalue weighted by molar-refractivity contribution is 0.900.